The molecule has 0 unspecified atom stereocenters. The van der Waals surface area contributed by atoms with Crippen LogP contribution in [-0.2, 0) is 17.9 Å². The summed E-state index contributed by atoms with van der Waals surface area (Å²) in [4.78, 5) is 12.3. The average molecular weight is 516 g/mol. The quantitative estimate of drug-likeness (QED) is 0.505. The number of nitrogens with zero attached hydrogens (tertiary/aromatic N) is 4. The number of aromatic nitrogens is 4. The molecule has 0 saturated heterocycles. The number of amides is 1. The third-order valence-electron chi connectivity index (χ3n) is 4.08. The van der Waals surface area contributed by atoms with Crippen molar-refractivity contribution in [2.75, 3.05) is 5.32 Å². The molecular formula is C18H18Br2ClN5O. The second-order valence-electron chi connectivity index (χ2n) is 6.16. The molecule has 6 nitrogen and oxygen atoms in total. The van der Waals surface area contributed by atoms with Gasteiger partial charge in [0, 0.05) is 23.3 Å². The number of benzene rings is 1. The normalized spacial score (nSPS) is 11.0. The Hall–Kier alpha value is -1.64. The lowest BCUT2D eigenvalue weighted by atomic mass is 10.2. The first-order valence-corrected chi connectivity index (χ1v) is 10.3. The number of halogens is 3. The molecule has 3 aromatic rings. The first-order valence-electron chi connectivity index (χ1n) is 8.30. The predicted molar refractivity (Wildman–Crippen MR) is 113 cm³/mol. The summed E-state index contributed by atoms with van der Waals surface area (Å²) in [5.41, 5.74) is 2.99. The van der Waals surface area contributed by atoms with Crippen LogP contribution in [0.25, 0.3) is 0 Å². The van der Waals surface area contributed by atoms with Crippen LogP contribution in [0.5, 0.6) is 0 Å². The Bertz CT molecular complexity index is 965. The van der Waals surface area contributed by atoms with Crippen molar-refractivity contribution in [1.82, 2.24) is 19.6 Å². The monoisotopic (exact) mass is 513 g/mol. The lowest BCUT2D eigenvalue weighted by molar-refractivity contribution is -0.116. The first kappa shape index (κ1) is 20.1. The molecule has 9 heteroatoms. The fourth-order valence-corrected chi connectivity index (χ4v) is 3.46. The van der Waals surface area contributed by atoms with Gasteiger partial charge in [-0.1, -0.05) is 23.7 Å². The molecule has 0 aliphatic carbocycles. The van der Waals surface area contributed by atoms with Crippen LogP contribution in [0.1, 0.15) is 23.4 Å². The summed E-state index contributed by atoms with van der Waals surface area (Å²) in [6, 6.07) is 7.58. The summed E-state index contributed by atoms with van der Waals surface area (Å²) in [5.74, 6) is 0.389. The molecule has 0 saturated carbocycles. The van der Waals surface area contributed by atoms with Crippen molar-refractivity contribution in [3.05, 3.63) is 61.4 Å². The Morgan fingerprint density at radius 2 is 1.89 bits per heavy atom. The number of carbonyl (C=O) groups is 1. The van der Waals surface area contributed by atoms with Gasteiger partial charge in [0.25, 0.3) is 0 Å². The van der Waals surface area contributed by atoms with Crippen LogP contribution < -0.4 is 5.32 Å². The summed E-state index contributed by atoms with van der Waals surface area (Å²) in [6.07, 6.45) is 2.15. The van der Waals surface area contributed by atoms with Crippen LogP contribution in [-0.4, -0.2) is 25.5 Å². The van der Waals surface area contributed by atoms with Gasteiger partial charge in [-0.05, 0) is 63.4 Å². The molecule has 0 aliphatic rings. The van der Waals surface area contributed by atoms with E-state index in [9.17, 15) is 4.79 Å². The minimum atomic E-state index is -0.115. The van der Waals surface area contributed by atoms with Gasteiger partial charge in [0.2, 0.25) is 5.91 Å². The van der Waals surface area contributed by atoms with E-state index in [1.54, 1.807) is 4.68 Å². The molecule has 1 N–H and O–H groups in total. The molecular weight excluding hydrogens is 497 g/mol. The molecule has 2 aromatic heterocycles. The molecule has 1 aromatic carbocycles. The summed E-state index contributed by atoms with van der Waals surface area (Å²) < 4.78 is 5.30. The van der Waals surface area contributed by atoms with Gasteiger partial charge in [-0.2, -0.15) is 10.2 Å². The second kappa shape index (κ2) is 8.58. The van der Waals surface area contributed by atoms with Crippen molar-refractivity contribution < 1.29 is 4.79 Å². The van der Waals surface area contributed by atoms with Crippen LogP contribution in [0.3, 0.4) is 0 Å². The summed E-state index contributed by atoms with van der Waals surface area (Å²) in [6.45, 7) is 4.99. The van der Waals surface area contributed by atoms with Crippen LogP contribution in [0.2, 0.25) is 5.02 Å². The highest BCUT2D eigenvalue weighted by Gasteiger charge is 2.13. The average Bonchev–Trinajstić information content (AvgIpc) is 3.09. The highest BCUT2D eigenvalue weighted by Crippen LogP contribution is 2.22. The van der Waals surface area contributed by atoms with Gasteiger partial charge in [-0.15, -0.1) is 0 Å². The number of rotatable bonds is 6. The third kappa shape index (κ3) is 5.00. The number of nitrogens with one attached hydrogen (secondary N) is 1. The van der Waals surface area contributed by atoms with Crippen molar-refractivity contribution in [2.45, 2.75) is 33.4 Å². The minimum Gasteiger partial charge on any atom is -0.308 e. The maximum absolute atomic E-state index is 12.3. The van der Waals surface area contributed by atoms with Crippen molar-refractivity contribution in [3.63, 3.8) is 0 Å². The lowest BCUT2D eigenvalue weighted by Gasteiger charge is -2.05. The van der Waals surface area contributed by atoms with E-state index in [1.165, 1.54) is 0 Å². The predicted octanol–water partition coefficient (Wildman–Crippen LogP) is 4.95. The molecule has 0 spiro atoms. The zero-order valence-electron chi connectivity index (χ0n) is 14.8. The second-order valence-corrected chi connectivity index (χ2v) is 8.24. The number of aryl methyl sites for hydroxylation is 2. The van der Waals surface area contributed by atoms with Gasteiger partial charge in [0.15, 0.2) is 5.82 Å². The van der Waals surface area contributed by atoms with Gasteiger partial charge in [-0.25, -0.2) is 0 Å². The molecule has 3 rings (SSSR count). The van der Waals surface area contributed by atoms with E-state index in [0.717, 1.165) is 25.9 Å². The number of hydrogen-bond acceptors (Lipinski definition) is 3. The van der Waals surface area contributed by atoms with Crippen molar-refractivity contribution in [1.29, 1.82) is 0 Å². The first-order chi connectivity index (χ1) is 12.8. The highest BCUT2D eigenvalue weighted by atomic mass is 79.9. The smallest absolute Gasteiger partial charge is 0.227 e. The van der Waals surface area contributed by atoms with Crippen LogP contribution in [0.4, 0.5) is 5.82 Å². The van der Waals surface area contributed by atoms with Gasteiger partial charge >= 0.3 is 0 Å². The largest absolute Gasteiger partial charge is 0.308 e. The van der Waals surface area contributed by atoms with Gasteiger partial charge < -0.3 is 5.32 Å². The molecule has 1 amide bonds. The number of anilines is 1. The van der Waals surface area contributed by atoms with Crippen molar-refractivity contribution >= 4 is 55.2 Å². The molecule has 0 atom stereocenters. The molecule has 142 valence electrons. The Balaban J connectivity index is 1.60. The van der Waals surface area contributed by atoms with E-state index in [4.69, 9.17) is 11.6 Å². The Kier molecular flexibility index (Phi) is 6.39. The maximum Gasteiger partial charge on any atom is 0.227 e. The van der Waals surface area contributed by atoms with Crippen LogP contribution in [0.15, 0.2) is 39.4 Å². The fourth-order valence-electron chi connectivity index (χ4n) is 2.63. The number of carbonyl (C=O) groups excluding carboxylic acids is 1. The van der Waals surface area contributed by atoms with Gasteiger partial charge in [0.1, 0.15) is 0 Å². The van der Waals surface area contributed by atoms with E-state index < -0.39 is 0 Å². The molecule has 27 heavy (non-hydrogen) atoms. The van der Waals surface area contributed by atoms with Crippen molar-refractivity contribution in [2.24, 2.45) is 0 Å². The molecule has 0 bridgehead atoms. The molecule has 0 aliphatic heterocycles. The zero-order valence-corrected chi connectivity index (χ0v) is 18.8. The van der Waals surface area contributed by atoms with Crippen molar-refractivity contribution in [3.8, 4) is 0 Å². The third-order valence-corrected chi connectivity index (χ3v) is 6.06. The molecule has 2 heterocycles. The van der Waals surface area contributed by atoms with Crippen LogP contribution >= 0.6 is 43.5 Å². The standard InChI is InChI=1S/C18H18Br2ClN5O/c1-11-17(20)12(2)26(23-11)8-7-16(27)22-18-15(19)10-25(24-18)9-13-3-5-14(21)6-4-13/h3-6,10H,7-9H2,1-2H3,(H,22,24,27). The van der Waals surface area contributed by atoms with Gasteiger partial charge in [-0.3, -0.25) is 14.2 Å². The minimum absolute atomic E-state index is 0.115. The Labute approximate surface area is 179 Å². The highest BCUT2D eigenvalue weighted by molar-refractivity contribution is 9.11. The SMILES string of the molecule is Cc1nn(CCC(=O)Nc2nn(Cc3ccc(Cl)cc3)cc2Br)c(C)c1Br. The summed E-state index contributed by atoms with van der Waals surface area (Å²) in [7, 11) is 0. The summed E-state index contributed by atoms with van der Waals surface area (Å²) >= 11 is 12.9. The Morgan fingerprint density at radius 3 is 2.52 bits per heavy atom. The Morgan fingerprint density at radius 1 is 1.19 bits per heavy atom. The summed E-state index contributed by atoms with van der Waals surface area (Å²) in [5, 5.41) is 12.4. The fraction of sp³-hybridized carbons (Fsp3) is 0.278. The topological polar surface area (TPSA) is 64.7 Å². The lowest BCUT2D eigenvalue weighted by Crippen LogP contribution is -2.16. The maximum atomic E-state index is 12.3. The van der Waals surface area contributed by atoms with Gasteiger partial charge in [0.05, 0.1) is 27.7 Å². The molecule has 0 fully saturated rings. The zero-order chi connectivity index (χ0) is 19.6. The van der Waals surface area contributed by atoms with E-state index in [2.05, 4.69) is 47.4 Å². The van der Waals surface area contributed by atoms with E-state index in [0.29, 0.717) is 30.4 Å². The van der Waals surface area contributed by atoms with Crippen LogP contribution in [0, 0.1) is 13.8 Å². The number of hydrogen-bond donors (Lipinski definition) is 1. The molecule has 0 radical (unpaired) electrons. The van der Waals surface area contributed by atoms with E-state index >= 15 is 0 Å². The van der Waals surface area contributed by atoms with E-state index in [-0.39, 0.29) is 5.91 Å². The van der Waals surface area contributed by atoms with E-state index in [1.807, 2.05) is 49.0 Å².